The molecule has 2 heterocycles. The summed E-state index contributed by atoms with van der Waals surface area (Å²) in [5, 5.41) is 9.43. The third-order valence-electron chi connectivity index (χ3n) is 5.88. The maximum Gasteiger partial charge on any atom is 0.240 e. The molecule has 3 rings (SSSR count). The number of carbonyl (C=O) groups is 1. The minimum atomic E-state index is -0.0510. The zero-order chi connectivity index (χ0) is 18.0. The molecule has 0 aromatic heterocycles. The zero-order valence-electron chi connectivity index (χ0n) is 15.7. The number of nitrogens with zero attached hydrogens (tertiary/aromatic N) is 3. The number of aromatic hydroxyl groups is 1. The van der Waals surface area contributed by atoms with Crippen LogP contribution in [-0.4, -0.2) is 65.1 Å². The highest BCUT2D eigenvalue weighted by atomic mass is 16.3. The summed E-state index contributed by atoms with van der Waals surface area (Å²) in [6, 6.07) is 8.03. The summed E-state index contributed by atoms with van der Waals surface area (Å²) in [5.41, 5.74) is 1.13. The van der Waals surface area contributed by atoms with Gasteiger partial charge in [0.2, 0.25) is 5.91 Å². The minimum absolute atomic E-state index is 0.0510. The van der Waals surface area contributed by atoms with Gasteiger partial charge in [0, 0.05) is 44.0 Å². The predicted molar refractivity (Wildman–Crippen MR) is 101 cm³/mol. The van der Waals surface area contributed by atoms with E-state index in [1.165, 1.54) is 6.42 Å². The van der Waals surface area contributed by atoms with Crippen LogP contribution >= 0.6 is 0 Å². The van der Waals surface area contributed by atoms with Gasteiger partial charge in [-0.3, -0.25) is 9.69 Å². The van der Waals surface area contributed by atoms with Crippen LogP contribution in [0.5, 0.6) is 5.75 Å². The van der Waals surface area contributed by atoms with Gasteiger partial charge in [0.05, 0.1) is 6.04 Å². The van der Waals surface area contributed by atoms with Crippen LogP contribution in [-0.2, 0) is 4.79 Å². The Morgan fingerprint density at radius 1 is 1.04 bits per heavy atom. The third kappa shape index (κ3) is 3.92. The Hall–Kier alpha value is -1.75. The fourth-order valence-electron chi connectivity index (χ4n) is 4.26. The standard InChI is InChI=1S/C20H31N3O2/c1-15-5-4-6-16(2)23(15)20(25)17(3)21-11-13-22(14-12-21)18-7-9-19(24)10-8-18/h7-10,15-17,24H,4-6,11-14H2,1-3H3/t15-,16-,17+/m0/s1. The molecule has 0 unspecified atom stereocenters. The maximum absolute atomic E-state index is 13.1. The smallest absolute Gasteiger partial charge is 0.240 e. The molecule has 3 atom stereocenters. The highest BCUT2D eigenvalue weighted by Crippen LogP contribution is 2.25. The van der Waals surface area contributed by atoms with E-state index in [0.29, 0.717) is 17.8 Å². The molecule has 25 heavy (non-hydrogen) atoms. The van der Waals surface area contributed by atoms with E-state index >= 15 is 0 Å². The summed E-state index contributed by atoms with van der Waals surface area (Å²) >= 11 is 0. The van der Waals surface area contributed by atoms with Crippen LogP contribution < -0.4 is 4.90 Å². The van der Waals surface area contributed by atoms with Gasteiger partial charge in [-0.25, -0.2) is 0 Å². The minimum Gasteiger partial charge on any atom is -0.508 e. The van der Waals surface area contributed by atoms with Gasteiger partial charge >= 0.3 is 0 Å². The molecule has 1 aromatic rings. The highest BCUT2D eigenvalue weighted by molar-refractivity contribution is 5.82. The second-order valence-corrected chi connectivity index (χ2v) is 7.59. The van der Waals surface area contributed by atoms with E-state index in [1.54, 1.807) is 12.1 Å². The van der Waals surface area contributed by atoms with Gasteiger partial charge in [-0.05, 0) is 64.3 Å². The SMILES string of the molecule is C[C@H](C(=O)N1[C@@H](C)CCC[C@@H]1C)N1CCN(c2ccc(O)cc2)CC1. The van der Waals surface area contributed by atoms with Crippen molar-refractivity contribution < 1.29 is 9.90 Å². The number of piperidine rings is 1. The monoisotopic (exact) mass is 345 g/mol. The van der Waals surface area contributed by atoms with Crippen LogP contribution in [0.3, 0.4) is 0 Å². The number of hydrogen-bond acceptors (Lipinski definition) is 4. The summed E-state index contributed by atoms with van der Waals surface area (Å²) in [6.45, 7) is 10.0. The molecule has 0 spiro atoms. The van der Waals surface area contributed by atoms with Crippen molar-refractivity contribution in [1.82, 2.24) is 9.80 Å². The number of hydrogen-bond donors (Lipinski definition) is 1. The van der Waals surface area contributed by atoms with E-state index in [0.717, 1.165) is 44.7 Å². The van der Waals surface area contributed by atoms with Gasteiger partial charge in [-0.15, -0.1) is 0 Å². The molecular formula is C20H31N3O2. The normalized spacial score (nSPS) is 26.5. The number of amides is 1. The number of piperazine rings is 1. The quantitative estimate of drug-likeness (QED) is 0.915. The lowest BCUT2D eigenvalue weighted by Gasteiger charge is -2.44. The molecule has 1 aromatic carbocycles. The molecule has 2 saturated heterocycles. The maximum atomic E-state index is 13.1. The molecule has 0 saturated carbocycles. The number of likely N-dealkylation sites (tertiary alicyclic amines) is 1. The van der Waals surface area contributed by atoms with Gasteiger partial charge in [0.15, 0.2) is 0 Å². The van der Waals surface area contributed by atoms with Crippen molar-refractivity contribution in [3.05, 3.63) is 24.3 Å². The molecule has 1 amide bonds. The Labute approximate surface area is 151 Å². The van der Waals surface area contributed by atoms with Gasteiger partial charge in [0.25, 0.3) is 0 Å². The highest BCUT2D eigenvalue weighted by Gasteiger charge is 2.34. The summed E-state index contributed by atoms with van der Waals surface area (Å²) in [7, 11) is 0. The van der Waals surface area contributed by atoms with Crippen molar-refractivity contribution in [3.63, 3.8) is 0 Å². The Morgan fingerprint density at radius 3 is 2.16 bits per heavy atom. The van der Waals surface area contributed by atoms with E-state index in [1.807, 2.05) is 12.1 Å². The van der Waals surface area contributed by atoms with Crippen molar-refractivity contribution >= 4 is 11.6 Å². The molecule has 5 heteroatoms. The van der Waals surface area contributed by atoms with E-state index in [2.05, 4.69) is 35.5 Å². The molecule has 2 aliphatic rings. The number of phenols is 1. The number of anilines is 1. The van der Waals surface area contributed by atoms with Crippen LogP contribution in [0.2, 0.25) is 0 Å². The van der Waals surface area contributed by atoms with Crippen molar-refractivity contribution in [2.75, 3.05) is 31.1 Å². The topological polar surface area (TPSA) is 47.0 Å². The summed E-state index contributed by atoms with van der Waals surface area (Å²) < 4.78 is 0. The number of phenolic OH excluding ortho intramolecular Hbond substituents is 1. The van der Waals surface area contributed by atoms with Gasteiger partial charge in [-0.2, -0.15) is 0 Å². The number of rotatable bonds is 3. The van der Waals surface area contributed by atoms with Crippen molar-refractivity contribution in [1.29, 1.82) is 0 Å². The third-order valence-corrected chi connectivity index (χ3v) is 5.88. The largest absolute Gasteiger partial charge is 0.508 e. The van der Waals surface area contributed by atoms with E-state index in [9.17, 15) is 9.90 Å². The zero-order valence-corrected chi connectivity index (χ0v) is 15.7. The van der Waals surface area contributed by atoms with Gasteiger partial charge < -0.3 is 14.9 Å². The summed E-state index contributed by atoms with van der Waals surface area (Å²) in [5.74, 6) is 0.587. The molecule has 2 aliphatic heterocycles. The number of carbonyl (C=O) groups excluding carboxylic acids is 1. The van der Waals surface area contributed by atoms with E-state index < -0.39 is 0 Å². The fraction of sp³-hybridized carbons (Fsp3) is 0.650. The molecule has 0 radical (unpaired) electrons. The first-order valence-electron chi connectivity index (χ1n) is 9.57. The van der Waals surface area contributed by atoms with Crippen LogP contribution in [0.1, 0.15) is 40.0 Å². The summed E-state index contributed by atoms with van der Waals surface area (Å²) in [4.78, 5) is 19.8. The molecule has 0 bridgehead atoms. The first-order valence-corrected chi connectivity index (χ1v) is 9.57. The summed E-state index contributed by atoms with van der Waals surface area (Å²) in [6.07, 6.45) is 3.47. The number of benzene rings is 1. The average molecular weight is 345 g/mol. The predicted octanol–water partition coefficient (Wildman–Crippen LogP) is 2.69. The Bertz CT molecular complexity index is 571. The van der Waals surface area contributed by atoms with Gasteiger partial charge in [-0.1, -0.05) is 0 Å². The molecule has 0 aliphatic carbocycles. The van der Waals surface area contributed by atoms with Crippen LogP contribution in [0.15, 0.2) is 24.3 Å². The Morgan fingerprint density at radius 2 is 1.60 bits per heavy atom. The van der Waals surface area contributed by atoms with Gasteiger partial charge in [0.1, 0.15) is 5.75 Å². The second kappa shape index (κ2) is 7.65. The van der Waals surface area contributed by atoms with Crippen LogP contribution in [0.25, 0.3) is 0 Å². The average Bonchev–Trinajstić information content (AvgIpc) is 2.61. The van der Waals surface area contributed by atoms with Crippen molar-refractivity contribution in [3.8, 4) is 5.75 Å². The van der Waals surface area contributed by atoms with Crippen LogP contribution in [0, 0.1) is 0 Å². The van der Waals surface area contributed by atoms with Crippen LogP contribution in [0.4, 0.5) is 5.69 Å². The molecule has 138 valence electrons. The van der Waals surface area contributed by atoms with Crippen molar-refractivity contribution in [2.45, 2.75) is 58.2 Å². The van der Waals surface area contributed by atoms with Crippen molar-refractivity contribution in [2.24, 2.45) is 0 Å². The molecular weight excluding hydrogens is 314 g/mol. The second-order valence-electron chi connectivity index (χ2n) is 7.59. The Balaban J connectivity index is 1.58. The first kappa shape index (κ1) is 18.1. The molecule has 1 N–H and O–H groups in total. The lowest BCUT2D eigenvalue weighted by molar-refractivity contribution is -0.142. The lowest BCUT2D eigenvalue weighted by Crippen LogP contribution is -2.58. The molecule has 5 nitrogen and oxygen atoms in total. The molecule has 2 fully saturated rings. The fourth-order valence-corrected chi connectivity index (χ4v) is 4.26. The Kier molecular flexibility index (Phi) is 5.52. The first-order chi connectivity index (χ1) is 12.0. The van der Waals surface area contributed by atoms with E-state index in [-0.39, 0.29) is 11.9 Å². The van der Waals surface area contributed by atoms with E-state index in [4.69, 9.17) is 0 Å². The lowest BCUT2D eigenvalue weighted by atomic mass is 9.96.